The summed E-state index contributed by atoms with van der Waals surface area (Å²) in [5.74, 6) is -0.160. The zero-order valence-corrected chi connectivity index (χ0v) is 17.1. The van der Waals surface area contributed by atoms with Crippen molar-refractivity contribution in [2.75, 3.05) is 31.1 Å². The summed E-state index contributed by atoms with van der Waals surface area (Å²) < 4.78 is 13.5. The first kappa shape index (κ1) is 19.9. The molecule has 32 heavy (non-hydrogen) atoms. The lowest BCUT2D eigenvalue weighted by Crippen LogP contribution is -2.36. The number of fused-ring (bicyclic) bond motifs is 1. The number of anilines is 1. The number of halogens is 1. The number of hydrogen-bond donors (Lipinski definition) is 1. The number of amides is 1. The minimum Gasteiger partial charge on any atom is -0.340 e. The zero-order valence-electron chi connectivity index (χ0n) is 17.1. The van der Waals surface area contributed by atoms with Gasteiger partial charge in [-0.2, -0.15) is 15.0 Å². The van der Waals surface area contributed by atoms with Crippen molar-refractivity contribution >= 4 is 22.8 Å². The third-order valence-electron chi connectivity index (χ3n) is 5.51. The Bertz CT molecular complexity index is 1340. The van der Waals surface area contributed by atoms with Crippen molar-refractivity contribution in [3.05, 3.63) is 76.6 Å². The molecule has 2 aromatic heterocycles. The molecular weight excluding hydrogens is 413 g/mol. The first-order chi connectivity index (χ1) is 15.6. The van der Waals surface area contributed by atoms with Gasteiger partial charge in [0.1, 0.15) is 5.82 Å². The lowest BCUT2D eigenvalue weighted by molar-refractivity contribution is 0.0766. The van der Waals surface area contributed by atoms with Crippen LogP contribution in [0.2, 0.25) is 0 Å². The van der Waals surface area contributed by atoms with Crippen LogP contribution in [0.15, 0.2) is 59.7 Å². The molecule has 1 fully saturated rings. The smallest absolute Gasteiger partial charge is 0.260 e. The topological polar surface area (TPSA) is 100 Å². The van der Waals surface area contributed by atoms with Crippen LogP contribution in [0.25, 0.3) is 16.6 Å². The van der Waals surface area contributed by atoms with Gasteiger partial charge in [0, 0.05) is 26.2 Å². The van der Waals surface area contributed by atoms with Crippen molar-refractivity contribution in [1.29, 1.82) is 0 Å². The second kappa shape index (κ2) is 8.22. The first-order valence-electron chi connectivity index (χ1n) is 10.3. The second-order valence-electron chi connectivity index (χ2n) is 7.52. The molecule has 0 atom stereocenters. The lowest BCUT2D eigenvalue weighted by atomic mass is 10.1. The highest BCUT2D eigenvalue weighted by Crippen LogP contribution is 2.19. The highest BCUT2D eigenvalue weighted by atomic mass is 19.1. The summed E-state index contributed by atoms with van der Waals surface area (Å²) in [5, 5.41) is 8.50. The number of H-pyrrole nitrogens is 1. The molecule has 0 saturated carbocycles. The van der Waals surface area contributed by atoms with E-state index in [1.165, 1.54) is 23.0 Å². The Balaban J connectivity index is 1.37. The molecule has 2 aromatic carbocycles. The van der Waals surface area contributed by atoms with Crippen molar-refractivity contribution in [1.82, 2.24) is 29.9 Å². The predicted molar refractivity (Wildman–Crippen MR) is 116 cm³/mol. The molecule has 0 unspecified atom stereocenters. The van der Waals surface area contributed by atoms with E-state index >= 15 is 0 Å². The maximum Gasteiger partial charge on any atom is 0.260 e. The average Bonchev–Trinajstić information content (AvgIpc) is 3.23. The summed E-state index contributed by atoms with van der Waals surface area (Å²) in [6.45, 7) is 2.16. The largest absolute Gasteiger partial charge is 0.340 e. The van der Waals surface area contributed by atoms with Crippen molar-refractivity contribution in [2.45, 2.75) is 6.42 Å². The van der Waals surface area contributed by atoms with Crippen LogP contribution >= 0.6 is 0 Å². The molecule has 1 aliphatic rings. The van der Waals surface area contributed by atoms with Crippen LogP contribution in [-0.2, 0) is 0 Å². The Morgan fingerprint density at radius 2 is 1.81 bits per heavy atom. The van der Waals surface area contributed by atoms with Crippen molar-refractivity contribution < 1.29 is 9.18 Å². The molecule has 1 aliphatic heterocycles. The van der Waals surface area contributed by atoms with Crippen LogP contribution in [0.1, 0.15) is 16.8 Å². The van der Waals surface area contributed by atoms with Gasteiger partial charge in [-0.15, -0.1) is 0 Å². The minimum atomic E-state index is -0.480. The van der Waals surface area contributed by atoms with Crippen LogP contribution in [0.3, 0.4) is 0 Å². The standard InChI is InChI=1S/C22H20FN7O2/c23-15-6-7-18-17(14-15)20(31)27-22(26-18)29-11-3-10-28(12-13-29)21(32)16-4-1-2-5-19(16)30-24-8-9-25-30/h1-2,4-9,14H,3,10-13H2,(H,26,27,31). The van der Waals surface area contributed by atoms with E-state index in [1.807, 2.05) is 23.1 Å². The molecule has 1 amide bonds. The van der Waals surface area contributed by atoms with Gasteiger partial charge < -0.3 is 9.80 Å². The van der Waals surface area contributed by atoms with E-state index in [0.717, 1.165) is 0 Å². The molecule has 162 valence electrons. The van der Waals surface area contributed by atoms with Gasteiger partial charge in [-0.3, -0.25) is 14.6 Å². The van der Waals surface area contributed by atoms with Gasteiger partial charge in [0.25, 0.3) is 11.5 Å². The quantitative estimate of drug-likeness (QED) is 0.531. The second-order valence-corrected chi connectivity index (χ2v) is 7.52. The van der Waals surface area contributed by atoms with Gasteiger partial charge in [0.05, 0.1) is 34.5 Å². The van der Waals surface area contributed by atoms with Crippen LogP contribution in [0.4, 0.5) is 10.3 Å². The number of nitrogens with zero attached hydrogens (tertiary/aromatic N) is 6. The Labute approximate surface area is 182 Å². The van der Waals surface area contributed by atoms with E-state index in [-0.39, 0.29) is 16.9 Å². The molecule has 1 N–H and O–H groups in total. The fourth-order valence-corrected chi connectivity index (χ4v) is 3.92. The molecule has 0 spiro atoms. The molecule has 10 heteroatoms. The fraction of sp³-hybridized carbons (Fsp3) is 0.227. The number of aromatic nitrogens is 5. The van der Waals surface area contributed by atoms with Crippen molar-refractivity contribution in [2.24, 2.45) is 0 Å². The predicted octanol–water partition coefficient (Wildman–Crippen LogP) is 2.00. The van der Waals surface area contributed by atoms with E-state index in [9.17, 15) is 14.0 Å². The monoisotopic (exact) mass is 433 g/mol. The van der Waals surface area contributed by atoms with Crippen LogP contribution in [-0.4, -0.2) is 61.9 Å². The van der Waals surface area contributed by atoms with Crippen molar-refractivity contribution in [3.8, 4) is 5.69 Å². The maximum atomic E-state index is 13.5. The SMILES string of the molecule is O=C(c1ccccc1-n1nccn1)N1CCCN(c2nc3ccc(F)cc3c(=O)[nH]2)CC1. The number of nitrogens with one attached hydrogen (secondary N) is 1. The summed E-state index contributed by atoms with van der Waals surface area (Å²) in [5.41, 5.74) is 1.19. The maximum absolute atomic E-state index is 13.5. The van der Waals surface area contributed by atoms with E-state index < -0.39 is 5.82 Å². The number of carbonyl (C=O) groups is 1. The van der Waals surface area contributed by atoms with Crippen molar-refractivity contribution in [3.63, 3.8) is 0 Å². The van der Waals surface area contributed by atoms with Gasteiger partial charge >= 0.3 is 0 Å². The molecule has 5 rings (SSSR count). The molecule has 4 aromatic rings. The fourth-order valence-electron chi connectivity index (χ4n) is 3.92. The average molecular weight is 433 g/mol. The van der Waals surface area contributed by atoms with E-state index in [0.29, 0.717) is 55.3 Å². The molecule has 3 heterocycles. The van der Waals surface area contributed by atoms with Gasteiger partial charge in [-0.05, 0) is 36.8 Å². The number of carbonyl (C=O) groups excluding carboxylic acids is 1. The third kappa shape index (κ3) is 3.70. The van der Waals surface area contributed by atoms with E-state index in [2.05, 4.69) is 20.2 Å². The van der Waals surface area contributed by atoms with E-state index in [1.54, 1.807) is 23.4 Å². The first-order valence-corrected chi connectivity index (χ1v) is 10.3. The molecule has 1 saturated heterocycles. The van der Waals surface area contributed by atoms with Gasteiger partial charge in [-0.25, -0.2) is 9.37 Å². The zero-order chi connectivity index (χ0) is 22.1. The lowest BCUT2D eigenvalue weighted by Gasteiger charge is -2.23. The van der Waals surface area contributed by atoms with Gasteiger partial charge in [0.15, 0.2) is 0 Å². The molecule has 0 bridgehead atoms. The summed E-state index contributed by atoms with van der Waals surface area (Å²) in [6, 6.07) is 11.2. The Hall–Kier alpha value is -4.08. The van der Waals surface area contributed by atoms with Crippen LogP contribution in [0, 0.1) is 5.82 Å². The van der Waals surface area contributed by atoms with E-state index in [4.69, 9.17) is 0 Å². The third-order valence-corrected chi connectivity index (χ3v) is 5.51. The number of aromatic amines is 1. The summed E-state index contributed by atoms with van der Waals surface area (Å²) in [4.78, 5) is 38.1. The summed E-state index contributed by atoms with van der Waals surface area (Å²) >= 11 is 0. The minimum absolute atomic E-state index is 0.102. The van der Waals surface area contributed by atoms with Crippen LogP contribution < -0.4 is 10.5 Å². The molecule has 0 aliphatic carbocycles. The highest BCUT2D eigenvalue weighted by molar-refractivity contribution is 5.97. The number of para-hydroxylation sites is 1. The number of rotatable bonds is 3. The Kier molecular flexibility index (Phi) is 5.10. The Morgan fingerprint density at radius 3 is 2.66 bits per heavy atom. The van der Waals surface area contributed by atoms with Gasteiger partial charge in [-0.1, -0.05) is 12.1 Å². The summed E-state index contributed by atoms with van der Waals surface area (Å²) in [6.07, 6.45) is 3.84. The molecule has 9 nitrogen and oxygen atoms in total. The number of hydrogen-bond acceptors (Lipinski definition) is 6. The highest BCUT2D eigenvalue weighted by Gasteiger charge is 2.24. The number of benzene rings is 2. The Morgan fingerprint density at radius 1 is 1.00 bits per heavy atom. The normalized spacial score (nSPS) is 14.5. The molecular formula is C22H20FN7O2. The summed E-state index contributed by atoms with van der Waals surface area (Å²) in [7, 11) is 0. The van der Waals surface area contributed by atoms with Crippen LogP contribution in [0.5, 0.6) is 0 Å². The molecule has 0 radical (unpaired) electrons. The van der Waals surface area contributed by atoms with Gasteiger partial charge in [0.2, 0.25) is 5.95 Å².